The number of hydrogen-bond acceptors (Lipinski definition) is 2. The van der Waals surface area contributed by atoms with E-state index in [0.717, 1.165) is 29.0 Å². The Kier molecular flexibility index (Phi) is 2.88. The Hall–Kier alpha value is -1.48. The van der Waals surface area contributed by atoms with Crippen LogP contribution in [0.25, 0.3) is 0 Å². The Morgan fingerprint density at radius 2 is 1.69 bits per heavy atom. The van der Waals surface area contributed by atoms with Crippen molar-refractivity contribution in [3.05, 3.63) is 53.6 Å². The number of halogens is 1. The SMILES string of the molecule is Br.Oc1cccc2c1Cc1ccccc1O2. The van der Waals surface area contributed by atoms with Gasteiger partial charge in [0.2, 0.25) is 0 Å². The molecule has 2 aromatic carbocycles. The predicted molar refractivity (Wildman–Crippen MR) is 67.8 cm³/mol. The molecule has 1 aliphatic rings. The summed E-state index contributed by atoms with van der Waals surface area (Å²) in [6.45, 7) is 0. The molecule has 0 amide bonds. The minimum absolute atomic E-state index is 0. The van der Waals surface area contributed by atoms with Crippen LogP contribution in [0, 0.1) is 0 Å². The first-order valence-electron chi connectivity index (χ1n) is 4.91. The monoisotopic (exact) mass is 278 g/mol. The van der Waals surface area contributed by atoms with Gasteiger partial charge in [-0.3, -0.25) is 0 Å². The van der Waals surface area contributed by atoms with E-state index in [1.807, 2.05) is 30.3 Å². The molecular formula is C13H11BrO2. The van der Waals surface area contributed by atoms with Gasteiger partial charge in [-0.05, 0) is 23.8 Å². The highest BCUT2D eigenvalue weighted by Gasteiger charge is 2.18. The molecule has 2 aromatic rings. The molecule has 2 nitrogen and oxygen atoms in total. The number of benzene rings is 2. The minimum Gasteiger partial charge on any atom is -0.508 e. The van der Waals surface area contributed by atoms with Crippen LogP contribution in [0.1, 0.15) is 11.1 Å². The zero-order valence-electron chi connectivity index (χ0n) is 8.51. The first-order chi connectivity index (χ1) is 7.34. The molecule has 0 saturated heterocycles. The zero-order chi connectivity index (χ0) is 10.3. The molecule has 0 saturated carbocycles. The number of ether oxygens (including phenoxy) is 1. The molecule has 3 heteroatoms. The number of phenolic OH excluding ortho intramolecular Hbond substituents is 1. The van der Waals surface area contributed by atoms with Crippen LogP contribution in [-0.2, 0) is 6.42 Å². The van der Waals surface area contributed by atoms with Crippen molar-refractivity contribution in [2.45, 2.75) is 6.42 Å². The number of hydrogen-bond donors (Lipinski definition) is 1. The fourth-order valence-electron chi connectivity index (χ4n) is 1.89. The maximum Gasteiger partial charge on any atom is 0.134 e. The summed E-state index contributed by atoms with van der Waals surface area (Å²) < 4.78 is 5.70. The molecule has 82 valence electrons. The van der Waals surface area contributed by atoms with E-state index < -0.39 is 0 Å². The van der Waals surface area contributed by atoms with Crippen molar-refractivity contribution >= 4 is 17.0 Å². The molecule has 1 aliphatic heterocycles. The second-order valence-corrected chi connectivity index (χ2v) is 3.64. The Bertz CT molecular complexity index is 523. The molecule has 0 aromatic heterocycles. The number of fused-ring (bicyclic) bond motifs is 2. The summed E-state index contributed by atoms with van der Waals surface area (Å²) in [6.07, 6.45) is 0.734. The van der Waals surface area contributed by atoms with E-state index in [-0.39, 0.29) is 17.0 Å². The van der Waals surface area contributed by atoms with Crippen LogP contribution in [0.5, 0.6) is 17.2 Å². The van der Waals surface area contributed by atoms with Crippen LogP contribution in [0.15, 0.2) is 42.5 Å². The lowest BCUT2D eigenvalue weighted by molar-refractivity contribution is 0.432. The molecule has 0 unspecified atom stereocenters. The second kappa shape index (κ2) is 4.18. The maximum absolute atomic E-state index is 9.70. The molecule has 16 heavy (non-hydrogen) atoms. The third-order valence-corrected chi connectivity index (χ3v) is 2.67. The summed E-state index contributed by atoms with van der Waals surface area (Å²) in [5.74, 6) is 1.95. The molecule has 0 spiro atoms. The largest absolute Gasteiger partial charge is 0.508 e. The lowest BCUT2D eigenvalue weighted by Crippen LogP contribution is -2.02. The van der Waals surface area contributed by atoms with Gasteiger partial charge in [-0.15, -0.1) is 17.0 Å². The highest BCUT2D eigenvalue weighted by molar-refractivity contribution is 8.93. The van der Waals surface area contributed by atoms with Crippen molar-refractivity contribution < 1.29 is 9.84 Å². The van der Waals surface area contributed by atoms with Gasteiger partial charge in [0.15, 0.2) is 0 Å². The van der Waals surface area contributed by atoms with Crippen LogP contribution in [0.4, 0.5) is 0 Å². The van der Waals surface area contributed by atoms with E-state index >= 15 is 0 Å². The van der Waals surface area contributed by atoms with Crippen LogP contribution < -0.4 is 4.74 Å². The highest BCUT2D eigenvalue weighted by Crippen LogP contribution is 2.39. The molecule has 0 fully saturated rings. The fourth-order valence-corrected chi connectivity index (χ4v) is 1.89. The fraction of sp³-hybridized carbons (Fsp3) is 0.0769. The smallest absolute Gasteiger partial charge is 0.134 e. The van der Waals surface area contributed by atoms with Gasteiger partial charge >= 0.3 is 0 Å². The van der Waals surface area contributed by atoms with Gasteiger partial charge in [0.05, 0.1) is 0 Å². The quantitative estimate of drug-likeness (QED) is 0.680. The third kappa shape index (κ3) is 1.67. The number of para-hydroxylation sites is 1. The molecule has 0 aliphatic carbocycles. The van der Waals surface area contributed by atoms with Crippen molar-refractivity contribution in [2.75, 3.05) is 0 Å². The number of rotatable bonds is 0. The van der Waals surface area contributed by atoms with Crippen molar-refractivity contribution in [1.29, 1.82) is 0 Å². The minimum atomic E-state index is 0. The van der Waals surface area contributed by atoms with Crippen LogP contribution in [-0.4, -0.2) is 5.11 Å². The molecule has 0 bridgehead atoms. The summed E-state index contributed by atoms with van der Waals surface area (Å²) in [6, 6.07) is 13.3. The summed E-state index contributed by atoms with van der Waals surface area (Å²) in [5.41, 5.74) is 1.99. The van der Waals surface area contributed by atoms with E-state index in [4.69, 9.17) is 4.74 Å². The Morgan fingerprint density at radius 3 is 2.56 bits per heavy atom. The Balaban J connectivity index is 0.000000963. The molecule has 3 rings (SSSR count). The molecule has 0 radical (unpaired) electrons. The summed E-state index contributed by atoms with van der Waals surface area (Å²) >= 11 is 0. The van der Waals surface area contributed by atoms with E-state index in [2.05, 4.69) is 0 Å². The second-order valence-electron chi connectivity index (χ2n) is 3.64. The van der Waals surface area contributed by atoms with Crippen LogP contribution in [0.3, 0.4) is 0 Å². The lowest BCUT2D eigenvalue weighted by atomic mass is 10.00. The average Bonchev–Trinajstić information content (AvgIpc) is 2.27. The Morgan fingerprint density at radius 1 is 0.938 bits per heavy atom. The summed E-state index contributed by atoms with van der Waals surface area (Å²) in [5, 5.41) is 9.70. The first kappa shape index (κ1) is 11.0. The van der Waals surface area contributed by atoms with Crippen molar-refractivity contribution in [3.8, 4) is 17.2 Å². The molecule has 1 N–H and O–H groups in total. The molecular weight excluding hydrogens is 268 g/mol. The van der Waals surface area contributed by atoms with Gasteiger partial charge in [0.25, 0.3) is 0 Å². The standard InChI is InChI=1S/C13H10O2.BrH/c14-11-5-3-7-13-10(11)8-9-4-1-2-6-12(9)15-13;/h1-7,14H,8H2;1H. The zero-order valence-corrected chi connectivity index (χ0v) is 10.2. The van der Waals surface area contributed by atoms with E-state index in [9.17, 15) is 5.11 Å². The van der Waals surface area contributed by atoms with Crippen molar-refractivity contribution in [2.24, 2.45) is 0 Å². The van der Waals surface area contributed by atoms with E-state index in [1.165, 1.54) is 0 Å². The summed E-state index contributed by atoms with van der Waals surface area (Å²) in [7, 11) is 0. The predicted octanol–water partition coefficient (Wildman–Crippen LogP) is 3.67. The molecule has 1 heterocycles. The third-order valence-electron chi connectivity index (χ3n) is 2.67. The highest BCUT2D eigenvalue weighted by atomic mass is 79.9. The first-order valence-corrected chi connectivity index (χ1v) is 4.91. The van der Waals surface area contributed by atoms with Gasteiger partial charge in [-0.25, -0.2) is 0 Å². The topological polar surface area (TPSA) is 29.5 Å². The average molecular weight is 279 g/mol. The number of aromatic hydroxyl groups is 1. The maximum atomic E-state index is 9.70. The Labute approximate surface area is 104 Å². The summed E-state index contributed by atoms with van der Waals surface area (Å²) in [4.78, 5) is 0. The van der Waals surface area contributed by atoms with Gasteiger partial charge in [-0.2, -0.15) is 0 Å². The van der Waals surface area contributed by atoms with E-state index in [1.54, 1.807) is 12.1 Å². The van der Waals surface area contributed by atoms with Crippen molar-refractivity contribution in [1.82, 2.24) is 0 Å². The normalized spacial score (nSPS) is 11.8. The number of phenols is 1. The van der Waals surface area contributed by atoms with Gasteiger partial charge in [0.1, 0.15) is 17.2 Å². The molecule has 0 atom stereocenters. The van der Waals surface area contributed by atoms with Gasteiger partial charge in [-0.1, -0.05) is 24.3 Å². The van der Waals surface area contributed by atoms with E-state index in [0.29, 0.717) is 5.75 Å². The van der Waals surface area contributed by atoms with Crippen molar-refractivity contribution in [3.63, 3.8) is 0 Å². The van der Waals surface area contributed by atoms with Crippen LogP contribution >= 0.6 is 17.0 Å². The van der Waals surface area contributed by atoms with Gasteiger partial charge in [0, 0.05) is 12.0 Å². The lowest BCUT2D eigenvalue weighted by Gasteiger charge is -2.20. The van der Waals surface area contributed by atoms with Gasteiger partial charge < -0.3 is 9.84 Å². The van der Waals surface area contributed by atoms with Crippen LogP contribution in [0.2, 0.25) is 0 Å².